The summed E-state index contributed by atoms with van der Waals surface area (Å²) in [7, 11) is 0. The van der Waals surface area contributed by atoms with Gasteiger partial charge in [0.2, 0.25) is 5.91 Å². The van der Waals surface area contributed by atoms with E-state index >= 15 is 0 Å². The van der Waals surface area contributed by atoms with Crippen LogP contribution in [0.1, 0.15) is 50.8 Å². The van der Waals surface area contributed by atoms with E-state index < -0.39 is 0 Å². The van der Waals surface area contributed by atoms with Crippen LogP contribution in [0, 0.1) is 0 Å². The number of hydrogen-bond donors (Lipinski definition) is 0. The molecule has 8 nitrogen and oxygen atoms in total. The van der Waals surface area contributed by atoms with Crippen LogP contribution in [0.4, 0.5) is 0 Å². The Morgan fingerprint density at radius 1 is 0.923 bits per heavy atom. The molecular weight excluding hydrogens is 330 g/mol. The normalized spacial score (nSPS) is 23.6. The molecule has 4 rings (SSSR count). The predicted octanol–water partition coefficient (Wildman–Crippen LogP) is 0.746. The van der Waals surface area contributed by atoms with Gasteiger partial charge in [-0.25, -0.2) is 4.68 Å². The number of likely N-dealkylation sites (tertiary alicyclic amines) is 1. The third-order valence-corrected chi connectivity index (χ3v) is 6.18. The molecule has 0 radical (unpaired) electrons. The summed E-state index contributed by atoms with van der Waals surface area (Å²) in [4.78, 5) is 19.8. The van der Waals surface area contributed by atoms with Gasteiger partial charge in [-0.2, -0.15) is 0 Å². The van der Waals surface area contributed by atoms with Gasteiger partial charge in [-0.15, -0.1) is 5.10 Å². The van der Waals surface area contributed by atoms with Crippen molar-refractivity contribution < 1.29 is 4.79 Å². The van der Waals surface area contributed by atoms with Crippen molar-refractivity contribution >= 4 is 5.91 Å². The van der Waals surface area contributed by atoms with Crippen molar-refractivity contribution in [3.63, 3.8) is 0 Å². The van der Waals surface area contributed by atoms with Crippen LogP contribution in [-0.2, 0) is 17.9 Å². The zero-order chi connectivity index (χ0) is 17.8. The molecule has 3 heterocycles. The van der Waals surface area contributed by atoms with Gasteiger partial charge >= 0.3 is 0 Å². The monoisotopic (exact) mass is 361 g/mol. The number of rotatable bonds is 5. The predicted molar refractivity (Wildman–Crippen MR) is 97.4 cm³/mol. The Bertz CT molecular complexity index is 592. The Morgan fingerprint density at radius 2 is 1.73 bits per heavy atom. The maximum absolute atomic E-state index is 12.8. The molecule has 1 aromatic heterocycles. The molecular formula is C18H31N7O. The number of amides is 1. The third-order valence-electron chi connectivity index (χ3n) is 6.18. The second-order valence-electron chi connectivity index (χ2n) is 7.94. The molecule has 2 aliphatic heterocycles. The molecule has 1 aliphatic carbocycles. The standard InChI is InChI=1S/C18H31N7O/c26-18(15-25-17(19-20-21-25)14-22-8-3-4-9-22)24-11-5-10-23(12-13-24)16-6-1-2-7-16/h16H,1-15H2. The summed E-state index contributed by atoms with van der Waals surface area (Å²) in [5.74, 6) is 0.955. The lowest BCUT2D eigenvalue weighted by Crippen LogP contribution is -2.39. The minimum Gasteiger partial charge on any atom is -0.340 e. The maximum atomic E-state index is 12.8. The summed E-state index contributed by atoms with van der Waals surface area (Å²) in [5, 5.41) is 12.0. The second-order valence-corrected chi connectivity index (χ2v) is 7.94. The van der Waals surface area contributed by atoms with E-state index in [1.807, 2.05) is 4.90 Å². The van der Waals surface area contributed by atoms with Crippen LogP contribution < -0.4 is 0 Å². The molecule has 2 saturated heterocycles. The first-order valence-electron chi connectivity index (χ1n) is 10.3. The average molecular weight is 361 g/mol. The Labute approximate surface area is 155 Å². The highest BCUT2D eigenvalue weighted by Gasteiger charge is 2.26. The Balaban J connectivity index is 1.31. The lowest BCUT2D eigenvalue weighted by atomic mass is 10.2. The number of aromatic nitrogens is 4. The first-order chi connectivity index (χ1) is 12.8. The van der Waals surface area contributed by atoms with Gasteiger partial charge in [0.1, 0.15) is 6.54 Å². The number of hydrogen-bond acceptors (Lipinski definition) is 6. The fraction of sp³-hybridized carbons (Fsp3) is 0.889. The molecule has 1 aromatic rings. The van der Waals surface area contributed by atoms with Crippen molar-refractivity contribution in [3.05, 3.63) is 5.82 Å². The number of carbonyl (C=O) groups excluding carboxylic acids is 1. The van der Waals surface area contributed by atoms with Gasteiger partial charge in [0, 0.05) is 32.2 Å². The van der Waals surface area contributed by atoms with Gasteiger partial charge in [0.05, 0.1) is 6.54 Å². The summed E-state index contributed by atoms with van der Waals surface area (Å²) < 4.78 is 1.69. The summed E-state index contributed by atoms with van der Waals surface area (Å²) >= 11 is 0. The summed E-state index contributed by atoms with van der Waals surface area (Å²) in [5.41, 5.74) is 0. The number of carbonyl (C=O) groups is 1. The fourth-order valence-electron chi connectivity index (χ4n) is 4.65. The van der Waals surface area contributed by atoms with Crippen molar-refractivity contribution in [2.24, 2.45) is 0 Å². The zero-order valence-electron chi connectivity index (χ0n) is 15.7. The van der Waals surface area contributed by atoms with E-state index in [1.54, 1.807) is 4.68 Å². The van der Waals surface area contributed by atoms with Gasteiger partial charge in [-0.1, -0.05) is 12.8 Å². The van der Waals surface area contributed by atoms with E-state index in [4.69, 9.17) is 0 Å². The molecule has 0 spiro atoms. The van der Waals surface area contributed by atoms with Crippen LogP contribution in [0.25, 0.3) is 0 Å². The number of nitrogens with zero attached hydrogens (tertiary/aromatic N) is 7. The zero-order valence-corrected chi connectivity index (χ0v) is 15.7. The van der Waals surface area contributed by atoms with Crippen LogP contribution in [0.3, 0.4) is 0 Å². The molecule has 0 atom stereocenters. The van der Waals surface area contributed by atoms with E-state index in [0.717, 1.165) is 64.1 Å². The smallest absolute Gasteiger partial charge is 0.244 e. The molecule has 0 N–H and O–H groups in total. The van der Waals surface area contributed by atoms with E-state index in [2.05, 4.69) is 25.3 Å². The van der Waals surface area contributed by atoms with Crippen LogP contribution in [0.2, 0.25) is 0 Å². The van der Waals surface area contributed by atoms with E-state index in [1.165, 1.54) is 38.5 Å². The molecule has 0 unspecified atom stereocenters. The van der Waals surface area contributed by atoms with E-state index in [9.17, 15) is 4.79 Å². The van der Waals surface area contributed by atoms with Gasteiger partial charge in [-0.05, 0) is 55.6 Å². The topological polar surface area (TPSA) is 70.4 Å². The van der Waals surface area contributed by atoms with Gasteiger partial charge in [-0.3, -0.25) is 14.6 Å². The number of tetrazole rings is 1. The van der Waals surface area contributed by atoms with Crippen LogP contribution >= 0.6 is 0 Å². The molecule has 3 aliphatic rings. The quantitative estimate of drug-likeness (QED) is 0.771. The van der Waals surface area contributed by atoms with Crippen LogP contribution in [0.5, 0.6) is 0 Å². The minimum absolute atomic E-state index is 0.147. The molecule has 3 fully saturated rings. The third kappa shape index (κ3) is 4.23. The SMILES string of the molecule is O=C(Cn1nnnc1CN1CCCC1)N1CCCN(C2CCCC2)CC1. The van der Waals surface area contributed by atoms with Crippen molar-refractivity contribution in [3.8, 4) is 0 Å². The van der Waals surface area contributed by atoms with Crippen molar-refractivity contribution in [1.82, 2.24) is 34.9 Å². The highest BCUT2D eigenvalue weighted by molar-refractivity contribution is 5.76. The van der Waals surface area contributed by atoms with Crippen molar-refractivity contribution in [1.29, 1.82) is 0 Å². The highest BCUT2D eigenvalue weighted by Crippen LogP contribution is 2.24. The van der Waals surface area contributed by atoms with Crippen molar-refractivity contribution in [2.75, 3.05) is 39.3 Å². The summed E-state index contributed by atoms with van der Waals surface area (Å²) in [6.07, 6.45) is 8.94. The van der Waals surface area contributed by atoms with Gasteiger partial charge < -0.3 is 4.90 Å². The van der Waals surface area contributed by atoms with Crippen LogP contribution in [0.15, 0.2) is 0 Å². The second kappa shape index (κ2) is 8.43. The largest absolute Gasteiger partial charge is 0.340 e. The molecule has 144 valence electrons. The Hall–Kier alpha value is -1.54. The molecule has 0 bridgehead atoms. The molecule has 0 aromatic carbocycles. The van der Waals surface area contributed by atoms with Gasteiger partial charge in [0.25, 0.3) is 0 Å². The van der Waals surface area contributed by atoms with E-state index in [-0.39, 0.29) is 12.5 Å². The average Bonchev–Trinajstić information content (AvgIpc) is 3.38. The first-order valence-corrected chi connectivity index (χ1v) is 10.3. The highest BCUT2D eigenvalue weighted by atomic mass is 16.2. The summed E-state index contributed by atoms with van der Waals surface area (Å²) in [6.45, 7) is 7.03. The van der Waals surface area contributed by atoms with E-state index in [0.29, 0.717) is 0 Å². The summed E-state index contributed by atoms with van der Waals surface area (Å²) in [6, 6.07) is 0.747. The lowest BCUT2D eigenvalue weighted by molar-refractivity contribution is -0.132. The first kappa shape index (κ1) is 17.9. The minimum atomic E-state index is 0.147. The molecule has 1 amide bonds. The molecule has 1 saturated carbocycles. The maximum Gasteiger partial charge on any atom is 0.244 e. The fourth-order valence-corrected chi connectivity index (χ4v) is 4.65. The molecule has 8 heteroatoms. The lowest BCUT2D eigenvalue weighted by Gasteiger charge is -2.27. The Morgan fingerprint density at radius 3 is 2.54 bits per heavy atom. The van der Waals surface area contributed by atoms with Gasteiger partial charge in [0.15, 0.2) is 5.82 Å². The Kier molecular flexibility index (Phi) is 5.79. The molecule has 26 heavy (non-hydrogen) atoms. The van der Waals surface area contributed by atoms with Crippen molar-refractivity contribution in [2.45, 2.75) is 64.1 Å². The van der Waals surface area contributed by atoms with Crippen LogP contribution in [-0.4, -0.2) is 86.1 Å².